The molecule has 0 aromatic carbocycles. The number of likely N-dealkylation sites (tertiary alicyclic amines) is 1. The van der Waals surface area contributed by atoms with Gasteiger partial charge in [-0.2, -0.15) is 0 Å². The fourth-order valence-corrected chi connectivity index (χ4v) is 4.25. The number of aromatic nitrogens is 2. The zero-order valence-corrected chi connectivity index (χ0v) is 13.9. The second kappa shape index (κ2) is 6.47. The summed E-state index contributed by atoms with van der Waals surface area (Å²) in [5.74, 6) is 0.835. The summed E-state index contributed by atoms with van der Waals surface area (Å²) in [6.45, 7) is 4.01. The predicted molar refractivity (Wildman–Crippen MR) is 87.1 cm³/mol. The van der Waals surface area contributed by atoms with Crippen LogP contribution in [0.3, 0.4) is 0 Å². The number of hydrogen-bond acceptors (Lipinski definition) is 5. The highest BCUT2D eigenvalue weighted by molar-refractivity contribution is 6.05. The van der Waals surface area contributed by atoms with Crippen molar-refractivity contribution in [3.05, 3.63) is 18.5 Å². The number of anilines is 1. The van der Waals surface area contributed by atoms with Gasteiger partial charge in [-0.15, -0.1) is 0 Å². The molecule has 3 fully saturated rings. The highest BCUT2D eigenvalue weighted by atomic mass is 16.2. The Balaban J connectivity index is 1.35. The first-order valence-electron chi connectivity index (χ1n) is 8.95. The predicted octanol–water partition coefficient (Wildman–Crippen LogP) is -0.686. The fourth-order valence-electron chi connectivity index (χ4n) is 4.25. The van der Waals surface area contributed by atoms with Gasteiger partial charge in [0.1, 0.15) is 0 Å². The minimum atomic E-state index is -0.0374. The number of carbonyl (C=O) groups excluding carboxylic acids is 2. The number of imide groups is 1. The van der Waals surface area contributed by atoms with Crippen LogP contribution in [0.1, 0.15) is 25.7 Å². The molecule has 1 N–H and O–H groups in total. The molecule has 1 aromatic rings. The first-order valence-corrected chi connectivity index (χ1v) is 8.95. The highest BCUT2D eigenvalue weighted by Crippen LogP contribution is 2.37. The number of fused-ring (bicyclic) bond motifs is 1. The summed E-state index contributed by atoms with van der Waals surface area (Å²) in [5.41, 5.74) is 0. The van der Waals surface area contributed by atoms with E-state index in [9.17, 15) is 9.59 Å². The van der Waals surface area contributed by atoms with Crippen molar-refractivity contribution in [2.24, 2.45) is 11.8 Å². The van der Waals surface area contributed by atoms with E-state index in [-0.39, 0.29) is 23.7 Å². The molecule has 1 aliphatic carbocycles. The molecule has 0 spiro atoms. The average Bonchev–Trinajstić information content (AvgIpc) is 2.88. The van der Waals surface area contributed by atoms with Crippen LogP contribution in [0.25, 0.3) is 0 Å². The Morgan fingerprint density at radius 1 is 1.00 bits per heavy atom. The third kappa shape index (κ3) is 2.77. The summed E-state index contributed by atoms with van der Waals surface area (Å²) in [4.78, 5) is 38.7. The Morgan fingerprint density at radius 3 is 2.17 bits per heavy atom. The Morgan fingerprint density at radius 2 is 1.58 bits per heavy atom. The van der Waals surface area contributed by atoms with Crippen molar-refractivity contribution in [3.63, 3.8) is 0 Å². The van der Waals surface area contributed by atoms with Crippen LogP contribution in [0.4, 0.5) is 5.95 Å². The fraction of sp³-hybridized carbons (Fsp3) is 0.647. The number of hydrogen-bond donors (Lipinski definition) is 1. The van der Waals surface area contributed by atoms with Crippen molar-refractivity contribution in [1.29, 1.82) is 0 Å². The second-order valence-corrected chi connectivity index (χ2v) is 7.05. The van der Waals surface area contributed by atoms with E-state index in [1.165, 1.54) is 4.90 Å². The number of rotatable bonds is 3. The van der Waals surface area contributed by atoms with E-state index >= 15 is 0 Å². The molecule has 2 saturated heterocycles. The third-order valence-corrected chi connectivity index (χ3v) is 5.62. The highest BCUT2D eigenvalue weighted by Gasteiger charge is 2.49. The molecule has 24 heavy (non-hydrogen) atoms. The molecule has 2 aliphatic heterocycles. The van der Waals surface area contributed by atoms with Crippen molar-refractivity contribution >= 4 is 17.8 Å². The van der Waals surface area contributed by atoms with E-state index in [1.807, 2.05) is 6.07 Å². The molecule has 7 nitrogen and oxygen atoms in total. The zero-order chi connectivity index (χ0) is 16.5. The van der Waals surface area contributed by atoms with Gasteiger partial charge >= 0.3 is 0 Å². The first-order chi connectivity index (χ1) is 11.7. The van der Waals surface area contributed by atoms with Crippen LogP contribution in [0, 0.1) is 11.8 Å². The van der Waals surface area contributed by atoms with Gasteiger partial charge in [0, 0.05) is 12.4 Å². The van der Waals surface area contributed by atoms with E-state index in [4.69, 9.17) is 0 Å². The van der Waals surface area contributed by atoms with Gasteiger partial charge in [0.15, 0.2) is 6.67 Å². The molecule has 4 rings (SSSR count). The van der Waals surface area contributed by atoms with Crippen molar-refractivity contribution in [1.82, 2.24) is 14.9 Å². The number of nitrogens with one attached hydrogen (secondary N) is 1. The van der Waals surface area contributed by atoms with Crippen molar-refractivity contribution in [2.75, 3.05) is 37.7 Å². The average molecular weight is 330 g/mol. The summed E-state index contributed by atoms with van der Waals surface area (Å²) in [6.07, 6.45) is 7.45. The van der Waals surface area contributed by atoms with Crippen molar-refractivity contribution in [2.45, 2.75) is 25.7 Å². The summed E-state index contributed by atoms with van der Waals surface area (Å²) in [6, 6.07) is 1.81. The molecule has 3 aliphatic rings. The lowest BCUT2D eigenvalue weighted by Crippen LogP contribution is -3.16. The Bertz CT molecular complexity index is 591. The molecule has 1 aromatic heterocycles. The normalized spacial score (nSPS) is 28.3. The molecule has 0 unspecified atom stereocenters. The molecule has 2 amide bonds. The molecule has 1 saturated carbocycles. The quantitative estimate of drug-likeness (QED) is 0.743. The van der Waals surface area contributed by atoms with Crippen LogP contribution >= 0.6 is 0 Å². The van der Waals surface area contributed by atoms with Gasteiger partial charge in [0.25, 0.3) is 0 Å². The Labute approximate surface area is 141 Å². The van der Waals surface area contributed by atoms with Gasteiger partial charge in [-0.25, -0.2) is 14.9 Å². The zero-order valence-electron chi connectivity index (χ0n) is 13.9. The molecule has 128 valence electrons. The van der Waals surface area contributed by atoms with Crippen LogP contribution in [0.2, 0.25) is 0 Å². The number of amides is 2. The lowest BCUT2D eigenvalue weighted by molar-refractivity contribution is -0.908. The largest absolute Gasteiger partial charge is 0.330 e. The lowest BCUT2D eigenvalue weighted by Gasteiger charge is -2.33. The number of piperazine rings is 1. The third-order valence-electron chi connectivity index (χ3n) is 5.62. The van der Waals surface area contributed by atoms with Crippen LogP contribution in [0.5, 0.6) is 0 Å². The summed E-state index contributed by atoms with van der Waals surface area (Å²) >= 11 is 0. The van der Waals surface area contributed by atoms with E-state index in [1.54, 1.807) is 17.3 Å². The number of quaternary nitrogens is 1. The molecular weight excluding hydrogens is 306 g/mol. The maximum Gasteiger partial charge on any atom is 0.237 e. The SMILES string of the molecule is O=C1[C@@H]2CCCC[C@H]2C(=O)N1C[NH+]1CCN(c2ncccn2)CC1. The van der Waals surface area contributed by atoms with Gasteiger partial charge in [-0.1, -0.05) is 12.8 Å². The van der Waals surface area contributed by atoms with Crippen LogP contribution in [-0.2, 0) is 9.59 Å². The molecule has 7 heteroatoms. The van der Waals surface area contributed by atoms with Gasteiger partial charge in [-0.05, 0) is 18.9 Å². The van der Waals surface area contributed by atoms with Crippen LogP contribution in [0.15, 0.2) is 18.5 Å². The van der Waals surface area contributed by atoms with E-state index < -0.39 is 0 Å². The molecule has 2 atom stereocenters. The van der Waals surface area contributed by atoms with E-state index in [0.29, 0.717) is 6.67 Å². The molecule has 0 bridgehead atoms. The van der Waals surface area contributed by atoms with Gasteiger partial charge in [0.05, 0.1) is 38.0 Å². The number of carbonyl (C=O) groups is 2. The first kappa shape index (κ1) is 15.5. The maximum atomic E-state index is 12.6. The monoisotopic (exact) mass is 330 g/mol. The maximum absolute atomic E-state index is 12.6. The van der Waals surface area contributed by atoms with Gasteiger partial charge in [0.2, 0.25) is 17.8 Å². The van der Waals surface area contributed by atoms with Crippen molar-refractivity contribution < 1.29 is 14.5 Å². The van der Waals surface area contributed by atoms with Gasteiger partial charge in [-0.3, -0.25) is 9.59 Å². The topological polar surface area (TPSA) is 70.8 Å². The smallest absolute Gasteiger partial charge is 0.237 e. The molecule has 0 radical (unpaired) electrons. The van der Waals surface area contributed by atoms with Crippen LogP contribution < -0.4 is 9.80 Å². The molecule has 3 heterocycles. The van der Waals surface area contributed by atoms with E-state index in [2.05, 4.69) is 14.9 Å². The second-order valence-electron chi connectivity index (χ2n) is 7.05. The summed E-state index contributed by atoms with van der Waals surface area (Å²) in [7, 11) is 0. The summed E-state index contributed by atoms with van der Waals surface area (Å²) in [5, 5.41) is 0. The minimum absolute atomic E-state index is 0.0374. The van der Waals surface area contributed by atoms with Crippen LogP contribution in [-0.4, -0.2) is 59.5 Å². The lowest BCUT2D eigenvalue weighted by atomic mass is 9.81. The summed E-state index contributed by atoms with van der Waals surface area (Å²) < 4.78 is 0. The standard InChI is InChI=1S/C17H23N5O2/c23-15-13-4-1-2-5-14(13)16(24)22(15)12-20-8-10-21(11-9-20)17-18-6-3-7-19-17/h3,6-7,13-14H,1-2,4-5,8-12H2/p+1/t13-,14-/m1/s1. The molecular formula is C17H24N5O2+. The Kier molecular flexibility index (Phi) is 4.18. The minimum Gasteiger partial charge on any atom is -0.330 e. The van der Waals surface area contributed by atoms with Gasteiger partial charge < -0.3 is 9.80 Å². The number of nitrogens with zero attached hydrogens (tertiary/aromatic N) is 4. The Hall–Kier alpha value is -2.02. The van der Waals surface area contributed by atoms with E-state index in [0.717, 1.165) is 57.8 Å². The van der Waals surface area contributed by atoms with Crippen molar-refractivity contribution in [3.8, 4) is 0 Å².